The SMILES string of the molecule is Cc1ccc2[nH]c(=O)c([C@H](c3nnnn3C[C@@H]3CCCO3)N3CCCCCC3)cc2c1. The molecule has 0 saturated carbocycles. The molecular formula is C23H30N6O2. The van der Waals surface area contributed by atoms with E-state index in [9.17, 15) is 4.79 Å². The minimum absolute atomic E-state index is 0.0720. The standard InChI is InChI=1S/C23H30N6O2/c1-16-8-9-20-17(13-16)14-19(23(30)24-20)21(28-10-4-2-3-5-11-28)22-25-26-27-29(22)15-18-7-6-12-31-18/h8-9,13-14,18,21H,2-7,10-12,15H2,1H3,(H,24,30)/t18-,21+/m0/s1. The van der Waals surface area contributed by atoms with E-state index in [-0.39, 0.29) is 17.7 Å². The summed E-state index contributed by atoms with van der Waals surface area (Å²) in [6.07, 6.45) is 6.90. The average Bonchev–Trinajstić information content (AvgIpc) is 3.36. The van der Waals surface area contributed by atoms with Crippen LogP contribution >= 0.6 is 0 Å². The number of ether oxygens (including phenoxy) is 1. The maximum atomic E-state index is 13.3. The molecule has 1 N–H and O–H groups in total. The Hall–Kier alpha value is -2.58. The smallest absolute Gasteiger partial charge is 0.253 e. The van der Waals surface area contributed by atoms with Crippen LogP contribution in [0.15, 0.2) is 29.1 Å². The summed E-state index contributed by atoms with van der Waals surface area (Å²) in [4.78, 5) is 18.7. The number of aromatic nitrogens is 5. The minimum Gasteiger partial charge on any atom is -0.376 e. The molecule has 5 rings (SSSR count). The van der Waals surface area contributed by atoms with Crippen LogP contribution in [0.25, 0.3) is 10.9 Å². The van der Waals surface area contributed by atoms with Gasteiger partial charge in [0.25, 0.3) is 5.56 Å². The van der Waals surface area contributed by atoms with E-state index >= 15 is 0 Å². The van der Waals surface area contributed by atoms with E-state index in [0.29, 0.717) is 12.1 Å². The first kappa shape index (κ1) is 20.3. The predicted molar refractivity (Wildman–Crippen MR) is 118 cm³/mol. The highest BCUT2D eigenvalue weighted by Gasteiger charge is 2.31. The minimum atomic E-state index is -0.275. The number of tetrazole rings is 1. The number of aromatic amines is 1. The molecular weight excluding hydrogens is 392 g/mol. The van der Waals surface area contributed by atoms with Gasteiger partial charge in [0.15, 0.2) is 5.82 Å². The Morgan fingerprint density at radius 1 is 1.16 bits per heavy atom. The van der Waals surface area contributed by atoms with Crippen LogP contribution in [-0.2, 0) is 11.3 Å². The zero-order valence-electron chi connectivity index (χ0n) is 18.1. The van der Waals surface area contributed by atoms with Crippen molar-refractivity contribution < 1.29 is 4.74 Å². The Balaban J connectivity index is 1.60. The third-order valence-corrected chi connectivity index (χ3v) is 6.53. The van der Waals surface area contributed by atoms with E-state index in [1.54, 1.807) is 0 Å². The molecule has 8 heteroatoms. The molecule has 2 aromatic heterocycles. The fourth-order valence-electron chi connectivity index (χ4n) is 4.92. The van der Waals surface area contributed by atoms with Crippen LogP contribution in [-0.4, -0.2) is 55.9 Å². The van der Waals surface area contributed by atoms with Crippen LogP contribution < -0.4 is 5.56 Å². The van der Waals surface area contributed by atoms with Gasteiger partial charge in [0.1, 0.15) is 6.04 Å². The lowest BCUT2D eigenvalue weighted by atomic mass is 10.0. The molecule has 4 heterocycles. The number of hydrogen-bond donors (Lipinski definition) is 1. The molecule has 0 unspecified atom stereocenters. The summed E-state index contributed by atoms with van der Waals surface area (Å²) >= 11 is 0. The van der Waals surface area contributed by atoms with Gasteiger partial charge in [-0.2, -0.15) is 0 Å². The highest BCUT2D eigenvalue weighted by atomic mass is 16.5. The molecule has 0 amide bonds. The molecule has 2 aliphatic rings. The van der Waals surface area contributed by atoms with E-state index in [1.165, 1.54) is 18.4 Å². The zero-order valence-corrected chi connectivity index (χ0v) is 18.1. The molecule has 0 spiro atoms. The lowest BCUT2D eigenvalue weighted by Gasteiger charge is -2.30. The third-order valence-electron chi connectivity index (χ3n) is 6.53. The van der Waals surface area contributed by atoms with Crippen molar-refractivity contribution in [2.75, 3.05) is 19.7 Å². The summed E-state index contributed by atoms with van der Waals surface area (Å²) in [6.45, 7) is 5.35. The molecule has 2 aliphatic heterocycles. The maximum absolute atomic E-state index is 13.3. The van der Waals surface area contributed by atoms with Crippen molar-refractivity contribution in [3.8, 4) is 0 Å². The molecule has 1 aromatic carbocycles. The lowest BCUT2D eigenvalue weighted by molar-refractivity contribution is 0.0909. The molecule has 164 valence electrons. The highest BCUT2D eigenvalue weighted by molar-refractivity contribution is 5.79. The summed E-state index contributed by atoms with van der Waals surface area (Å²) in [6, 6.07) is 7.86. The number of aryl methyl sites for hydroxylation is 1. The Bertz CT molecular complexity index is 1090. The lowest BCUT2D eigenvalue weighted by Crippen LogP contribution is -2.36. The number of pyridine rings is 1. The molecule has 8 nitrogen and oxygen atoms in total. The molecule has 0 aliphatic carbocycles. The van der Waals surface area contributed by atoms with Gasteiger partial charge < -0.3 is 9.72 Å². The number of benzene rings is 1. The summed E-state index contributed by atoms with van der Waals surface area (Å²) < 4.78 is 7.68. The number of hydrogen-bond acceptors (Lipinski definition) is 6. The molecule has 0 bridgehead atoms. The molecule has 2 fully saturated rings. The normalized spacial score (nSPS) is 21.4. The first-order chi connectivity index (χ1) is 15.2. The number of nitrogens with zero attached hydrogens (tertiary/aromatic N) is 5. The van der Waals surface area contributed by atoms with Crippen molar-refractivity contribution in [1.29, 1.82) is 0 Å². The van der Waals surface area contributed by atoms with Crippen molar-refractivity contribution in [1.82, 2.24) is 30.1 Å². The first-order valence-corrected chi connectivity index (χ1v) is 11.4. The quantitative estimate of drug-likeness (QED) is 0.680. The van der Waals surface area contributed by atoms with Crippen LogP contribution in [0.5, 0.6) is 0 Å². The number of nitrogens with one attached hydrogen (secondary N) is 1. The summed E-state index contributed by atoms with van der Waals surface area (Å²) in [5.41, 5.74) is 2.66. The molecule has 0 radical (unpaired) electrons. The fourth-order valence-corrected chi connectivity index (χ4v) is 4.92. The zero-order chi connectivity index (χ0) is 21.2. The Morgan fingerprint density at radius 2 is 2.00 bits per heavy atom. The van der Waals surface area contributed by atoms with E-state index in [2.05, 4.69) is 38.4 Å². The second kappa shape index (κ2) is 8.88. The van der Waals surface area contributed by atoms with Crippen LogP contribution in [0.2, 0.25) is 0 Å². The van der Waals surface area contributed by atoms with E-state index < -0.39 is 0 Å². The Kier molecular flexibility index (Phi) is 5.82. The molecule has 31 heavy (non-hydrogen) atoms. The van der Waals surface area contributed by atoms with Crippen LogP contribution in [0, 0.1) is 6.92 Å². The topological polar surface area (TPSA) is 88.9 Å². The first-order valence-electron chi connectivity index (χ1n) is 11.4. The number of fused-ring (bicyclic) bond motifs is 1. The molecule has 2 atom stereocenters. The van der Waals surface area contributed by atoms with Gasteiger partial charge in [0.05, 0.1) is 12.6 Å². The summed E-state index contributed by atoms with van der Waals surface area (Å²) in [5, 5.41) is 13.8. The monoisotopic (exact) mass is 422 g/mol. The second-order valence-corrected chi connectivity index (χ2v) is 8.85. The fraction of sp³-hybridized carbons (Fsp3) is 0.565. The highest BCUT2D eigenvalue weighted by Crippen LogP contribution is 2.29. The van der Waals surface area contributed by atoms with Gasteiger partial charge in [-0.05, 0) is 79.7 Å². The Morgan fingerprint density at radius 3 is 2.77 bits per heavy atom. The maximum Gasteiger partial charge on any atom is 0.253 e. The van der Waals surface area contributed by atoms with Gasteiger partial charge in [0, 0.05) is 17.7 Å². The summed E-state index contributed by atoms with van der Waals surface area (Å²) in [7, 11) is 0. The van der Waals surface area contributed by atoms with Crippen molar-refractivity contribution in [2.24, 2.45) is 0 Å². The van der Waals surface area contributed by atoms with Crippen LogP contribution in [0.1, 0.15) is 61.5 Å². The van der Waals surface area contributed by atoms with E-state index in [4.69, 9.17) is 4.74 Å². The van der Waals surface area contributed by atoms with Gasteiger partial charge in [0.2, 0.25) is 0 Å². The van der Waals surface area contributed by atoms with Crippen molar-refractivity contribution >= 4 is 10.9 Å². The average molecular weight is 423 g/mol. The Labute approximate surface area is 181 Å². The third kappa shape index (κ3) is 4.27. The van der Waals surface area contributed by atoms with E-state index in [0.717, 1.165) is 62.1 Å². The molecule has 3 aromatic rings. The number of rotatable bonds is 5. The van der Waals surface area contributed by atoms with Gasteiger partial charge in [-0.15, -0.1) is 5.10 Å². The van der Waals surface area contributed by atoms with Crippen molar-refractivity contribution in [3.63, 3.8) is 0 Å². The van der Waals surface area contributed by atoms with Crippen LogP contribution in [0.3, 0.4) is 0 Å². The van der Waals surface area contributed by atoms with E-state index in [1.807, 2.05) is 22.9 Å². The van der Waals surface area contributed by atoms with Gasteiger partial charge in [-0.1, -0.05) is 24.5 Å². The van der Waals surface area contributed by atoms with Crippen LogP contribution in [0.4, 0.5) is 0 Å². The summed E-state index contributed by atoms with van der Waals surface area (Å²) in [5.74, 6) is 0.731. The van der Waals surface area contributed by atoms with Gasteiger partial charge in [-0.3, -0.25) is 9.69 Å². The largest absolute Gasteiger partial charge is 0.376 e. The van der Waals surface area contributed by atoms with Crippen molar-refractivity contribution in [2.45, 2.75) is 64.1 Å². The van der Waals surface area contributed by atoms with Crippen molar-refractivity contribution in [3.05, 3.63) is 51.6 Å². The van der Waals surface area contributed by atoms with Gasteiger partial charge in [-0.25, -0.2) is 4.68 Å². The number of H-pyrrole nitrogens is 1. The number of likely N-dealkylation sites (tertiary alicyclic amines) is 1. The molecule has 2 saturated heterocycles. The van der Waals surface area contributed by atoms with Gasteiger partial charge >= 0.3 is 0 Å². The second-order valence-electron chi connectivity index (χ2n) is 8.85. The predicted octanol–water partition coefficient (Wildman–Crippen LogP) is 2.97.